The number of nitrogens with zero attached hydrogens (tertiary/aromatic N) is 2. The molecule has 1 saturated heterocycles. The minimum absolute atomic E-state index is 0.162. The highest BCUT2D eigenvalue weighted by atomic mass is 32.2. The minimum Gasteiger partial charge on any atom is -0.379 e. The Balaban J connectivity index is 1.83. The zero-order valence-electron chi connectivity index (χ0n) is 15.9. The highest BCUT2D eigenvalue weighted by molar-refractivity contribution is 7.89. The topological polar surface area (TPSA) is 88.6 Å². The molecule has 0 unspecified atom stereocenters. The molecule has 1 amide bonds. The van der Waals surface area contributed by atoms with Crippen molar-refractivity contribution in [1.82, 2.24) is 9.29 Å². The van der Waals surface area contributed by atoms with E-state index in [2.05, 4.69) is 10.3 Å². The lowest BCUT2D eigenvalue weighted by atomic mass is 9.98. The maximum Gasteiger partial charge on any atom is 0.267 e. The molecule has 3 rings (SSSR count). The van der Waals surface area contributed by atoms with Crippen molar-refractivity contribution in [2.75, 3.05) is 31.6 Å². The van der Waals surface area contributed by atoms with Gasteiger partial charge in [-0.1, -0.05) is 20.8 Å². The maximum absolute atomic E-state index is 14.3. The van der Waals surface area contributed by atoms with E-state index in [9.17, 15) is 17.6 Å². The first kappa shape index (κ1) is 20.8. The monoisotopic (exact) mass is 427 g/mol. The third-order valence-corrected chi connectivity index (χ3v) is 7.48. The Hall–Kier alpha value is -1.88. The Morgan fingerprint density at radius 2 is 1.96 bits per heavy atom. The lowest BCUT2D eigenvalue weighted by Crippen LogP contribution is -2.40. The Bertz CT molecular complexity index is 977. The number of anilines is 1. The van der Waals surface area contributed by atoms with Crippen molar-refractivity contribution >= 4 is 33.0 Å². The molecule has 0 spiro atoms. The number of rotatable bonds is 4. The molecule has 1 aromatic carbocycles. The quantitative estimate of drug-likeness (QED) is 0.811. The number of carbonyl (C=O) groups excluding carboxylic acids is 1. The molecule has 1 aliphatic rings. The predicted molar refractivity (Wildman–Crippen MR) is 105 cm³/mol. The summed E-state index contributed by atoms with van der Waals surface area (Å²) in [7, 11) is -4.01. The lowest BCUT2D eigenvalue weighted by Gasteiger charge is -2.26. The second kappa shape index (κ2) is 7.86. The van der Waals surface area contributed by atoms with Crippen LogP contribution < -0.4 is 5.32 Å². The van der Waals surface area contributed by atoms with Crippen LogP contribution in [0.3, 0.4) is 0 Å². The number of benzene rings is 1. The van der Waals surface area contributed by atoms with Gasteiger partial charge in [0.2, 0.25) is 10.0 Å². The number of halogens is 1. The predicted octanol–water partition coefficient (Wildman–Crippen LogP) is 2.85. The van der Waals surface area contributed by atoms with Crippen LogP contribution in [0.1, 0.15) is 35.5 Å². The third-order valence-electron chi connectivity index (χ3n) is 4.15. The summed E-state index contributed by atoms with van der Waals surface area (Å²) in [5.41, 5.74) is 0.0160. The van der Waals surface area contributed by atoms with Crippen molar-refractivity contribution in [3.63, 3.8) is 0 Å². The van der Waals surface area contributed by atoms with Crippen molar-refractivity contribution in [3.8, 4) is 0 Å². The number of hydrogen-bond donors (Lipinski definition) is 1. The molecule has 0 bridgehead atoms. The molecule has 152 valence electrons. The van der Waals surface area contributed by atoms with Gasteiger partial charge in [0.15, 0.2) is 0 Å². The van der Waals surface area contributed by atoms with Crippen molar-refractivity contribution in [3.05, 3.63) is 40.1 Å². The average Bonchev–Trinajstić information content (AvgIpc) is 3.15. The van der Waals surface area contributed by atoms with E-state index in [0.717, 1.165) is 17.1 Å². The number of ether oxygens (including phenoxy) is 1. The summed E-state index contributed by atoms with van der Waals surface area (Å²) >= 11 is 1.27. The largest absolute Gasteiger partial charge is 0.379 e. The normalized spacial score (nSPS) is 16.1. The summed E-state index contributed by atoms with van der Waals surface area (Å²) in [6, 6.07) is 3.51. The van der Waals surface area contributed by atoms with E-state index in [1.165, 1.54) is 27.9 Å². The molecule has 2 aromatic rings. The van der Waals surface area contributed by atoms with Crippen LogP contribution in [0.4, 0.5) is 10.1 Å². The zero-order chi connectivity index (χ0) is 20.5. The SMILES string of the molecule is CC(C)(C)c1ncc(C(=O)Nc2ccc(F)c(S(=O)(=O)N3CCOCC3)c2)s1. The second-order valence-electron chi connectivity index (χ2n) is 7.40. The van der Waals surface area contributed by atoms with E-state index < -0.39 is 26.6 Å². The number of sulfonamides is 1. The molecule has 1 aromatic heterocycles. The molecule has 2 heterocycles. The average molecular weight is 428 g/mol. The van der Waals surface area contributed by atoms with Gasteiger partial charge in [-0.3, -0.25) is 4.79 Å². The fourth-order valence-corrected chi connectivity index (χ4v) is 4.99. The highest BCUT2D eigenvalue weighted by Gasteiger charge is 2.29. The van der Waals surface area contributed by atoms with Crippen LogP contribution in [0.15, 0.2) is 29.3 Å². The molecular formula is C18H22FN3O4S2. The number of thiazole rings is 1. The van der Waals surface area contributed by atoms with E-state index in [1.807, 2.05) is 20.8 Å². The van der Waals surface area contributed by atoms with Crippen molar-refractivity contribution in [2.24, 2.45) is 0 Å². The molecule has 28 heavy (non-hydrogen) atoms. The van der Waals surface area contributed by atoms with E-state index in [1.54, 1.807) is 0 Å². The Morgan fingerprint density at radius 3 is 2.57 bits per heavy atom. The van der Waals surface area contributed by atoms with Gasteiger partial charge in [-0.05, 0) is 18.2 Å². The fraction of sp³-hybridized carbons (Fsp3) is 0.444. The molecule has 1 N–H and O–H groups in total. The van der Waals surface area contributed by atoms with E-state index >= 15 is 0 Å². The zero-order valence-corrected chi connectivity index (χ0v) is 17.5. The molecule has 1 aliphatic heterocycles. The summed E-state index contributed by atoms with van der Waals surface area (Å²) in [6.45, 7) is 6.84. The summed E-state index contributed by atoms with van der Waals surface area (Å²) in [5, 5.41) is 3.44. The van der Waals surface area contributed by atoms with Crippen LogP contribution in [0.25, 0.3) is 0 Å². The van der Waals surface area contributed by atoms with Gasteiger partial charge < -0.3 is 10.1 Å². The standard InChI is InChI=1S/C18H22FN3O4S2/c1-18(2,3)17-20-11-14(27-17)16(23)21-12-4-5-13(19)15(10-12)28(24,25)22-6-8-26-9-7-22/h4-5,10-11H,6-9H2,1-3H3,(H,21,23). The fourth-order valence-electron chi connectivity index (χ4n) is 2.62. The second-order valence-corrected chi connectivity index (χ2v) is 10.3. The van der Waals surface area contributed by atoms with Crippen molar-refractivity contribution < 1.29 is 22.3 Å². The smallest absolute Gasteiger partial charge is 0.267 e. The first-order chi connectivity index (χ1) is 13.1. The Morgan fingerprint density at radius 1 is 1.29 bits per heavy atom. The van der Waals surface area contributed by atoms with E-state index in [0.29, 0.717) is 4.88 Å². The molecular weight excluding hydrogens is 405 g/mol. The third kappa shape index (κ3) is 4.40. The van der Waals surface area contributed by atoms with Gasteiger partial charge in [-0.15, -0.1) is 11.3 Å². The molecule has 0 saturated carbocycles. The van der Waals surface area contributed by atoms with E-state index in [4.69, 9.17) is 4.74 Å². The summed E-state index contributed by atoms with van der Waals surface area (Å²) in [4.78, 5) is 16.7. The Kier molecular flexibility index (Phi) is 5.85. The lowest BCUT2D eigenvalue weighted by molar-refractivity contribution is 0.0729. The molecule has 10 heteroatoms. The van der Waals surface area contributed by atoms with Gasteiger partial charge in [0, 0.05) is 24.2 Å². The van der Waals surface area contributed by atoms with Crippen LogP contribution in [-0.4, -0.2) is 49.9 Å². The molecule has 0 aliphatic carbocycles. The number of amides is 1. The van der Waals surface area contributed by atoms with Crippen LogP contribution >= 0.6 is 11.3 Å². The molecule has 7 nitrogen and oxygen atoms in total. The van der Waals surface area contributed by atoms with Gasteiger partial charge in [0.1, 0.15) is 15.6 Å². The maximum atomic E-state index is 14.3. The molecule has 1 fully saturated rings. The first-order valence-corrected chi connectivity index (χ1v) is 11.0. The van der Waals surface area contributed by atoms with Gasteiger partial charge in [-0.25, -0.2) is 17.8 Å². The van der Waals surface area contributed by atoms with Crippen LogP contribution in [0, 0.1) is 5.82 Å². The van der Waals surface area contributed by atoms with Gasteiger partial charge in [-0.2, -0.15) is 4.31 Å². The van der Waals surface area contributed by atoms with Crippen molar-refractivity contribution in [2.45, 2.75) is 31.1 Å². The van der Waals surface area contributed by atoms with Gasteiger partial charge >= 0.3 is 0 Å². The summed E-state index contributed by atoms with van der Waals surface area (Å²) in [6.07, 6.45) is 1.48. The number of nitrogens with one attached hydrogen (secondary N) is 1. The summed E-state index contributed by atoms with van der Waals surface area (Å²) < 4.78 is 46.1. The molecule has 0 radical (unpaired) electrons. The van der Waals surface area contributed by atoms with Gasteiger partial charge in [0.25, 0.3) is 5.91 Å². The number of aromatic nitrogens is 1. The summed E-state index contributed by atoms with van der Waals surface area (Å²) in [5.74, 6) is -1.29. The van der Waals surface area contributed by atoms with E-state index in [-0.39, 0.29) is 37.4 Å². The highest BCUT2D eigenvalue weighted by Crippen LogP contribution is 2.28. The van der Waals surface area contributed by atoms with Crippen LogP contribution in [-0.2, 0) is 20.2 Å². The minimum atomic E-state index is -4.01. The van der Waals surface area contributed by atoms with Crippen LogP contribution in [0.5, 0.6) is 0 Å². The van der Waals surface area contributed by atoms with Gasteiger partial charge in [0.05, 0.1) is 24.4 Å². The Labute approximate surface area is 167 Å². The van der Waals surface area contributed by atoms with Crippen molar-refractivity contribution in [1.29, 1.82) is 0 Å². The van der Waals surface area contributed by atoms with Crippen LogP contribution in [0.2, 0.25) is 0 Å². The molecule has 0 atom stereocenters. The number of morpholine rings is 1. The first-order valence-electron chi connectivity index (χ1n) is 8.74. The number of hydrogen-bond acceptors (Lipinski definition) is 6. The number of carbonyl (C=O) groups is 1.